The summed E-state index contributed by atoms with van der Waals surface area (Å²) < 4.78 is 26.0. The number of aliphatic hydroxyl groups excluding tert-OH is 1. The van der Waals surface area contributed by atoms with Crippen molar-refractivity contribution >= 4 is 27.2 Å². The van der Waals surface area contributed by atoms with Gasteiger partial charge in [0.1, 0.15) is 5.25 Å². The number of rotatable bonds is 6. The summed E-state index contributed by atoms with van der Waals surface area (Å²) in [6.45, 7) is 2.15. The van der Waals surface area contributed by atoms with Gasteiger partial charge >= 0.3 is 0 Å². The molecule has 7 heteroatoms. The molecule has 0 amide bonds. The Morgan fingerprint density at radius 3 is 2.82 bits per heavy atom. The zero-order chi connectivity index (χ0) is 13.1. The largest absolute Gasteiger partial charge is 0.396 e. The van der Waals surface area contributed by atoms with Crippen LogP contribution in [0.1, 0.15) is 32.6 Å². The summed E-state index contributed by atoms with van der Waals surface area (Å²) >= 11 is 4.76. The van der Waals surface area contributed by atoms with E-state index in [2.05, 4.69) is 0 Å². The number of nitrogens with two attached hydrogens (primary N) is 1. The van der Waals surface area contributed by atoms with Crippen molar-refractivity contribution in [1.82, 2.24) is 4.31 Å². The van der Waals surface area contributed by atoms with E-state index < -0.39 is 15.3 Å². The Bertz CT molecular complexity index is 370. The van der Waals surface area contributed by atoms with Gasteiger partial charge in [-0.2, -0.15) is 4.31 Å². The van der Waals surface area contributed by atoms with E-state index in [-0.39, 0.29) is 17.6 Å². The minimum atomic E-state index is -3.43. The predicted octanol–water partition coefficient (Wildman–Crippen LogP) is 0.228. The molecule has 1 aliphatic heterocycles. The van der Waals surface area contributed by atoms with E-state index in [1.54, 1.807) is 0 Å². The molecular weight excluding hydrogens is 260 g/mol. The number of thiocarbonyl (C=S) groups is 1. The zero-order valence-electron chi connectivity index (χ0n) is 10.0. The normalized spacial score (nSPS) is 23.8. The third-order valence-electron chi connectivity index (χ3n) is 3.19. The van der Waals surface area contributed by atoms with Crippen LogP contribution in [0.3, 0.4) is 0 Å². The smallest absolute Gasteiger partial charge is 0.223 e. The van der Waals surface area contributed by atoms with Crippen molar-refractivity contribution in [2.45, 2.75) is 43.9 Å². The minimum absolute atomic E-state index is 0.0102. The fourth-order valence-corrected chi connectivity index (χ4v) is 4.18. The second-order valence-corrected chi connectivity index (χ2v) is 7.04. The Balaban J connectivity index is 2.79. The van der Waals surface area contributed by atoms with Gasteiger partial charge in [0, 0.05) is 19.2 Å². The molecule has 2 unspecified atom stereocenters. The van der Waals surface area contributed by atoms with Crippen molar-refractivity contribution in [3.05, 3.63) is 0 Å². The molecule has 2 atom stereocenters. The summed E-state index contributed by atoms with van der Waals surface area (Å²) in [5.74, 6) is 0. The average Bonchev–Trinajstić information content (AvgIpc) is 2.73. The highest BCUT2D eigenvalue weighted by atomic mass is 32.2. The second kappa shape index (κ2) is 6.08. The van der Waals surface area contributed by atoms with Crippen LogP contribution >= 0.6 is 12.2 Å². The number of nitrogens with zero attached hydrogens (tertiary/aromatic N) is 1. The van der Waals surface area contributed by atoms with Gasteiger partial charge in [-0.3, -0.25) is 0 Å². The molecule has 0 aromatic heterocycles. The molecule has 5 nitrogen and oxygen atoms in total. The number of hydrogen-bond donors (Lipinski definition) is 2. The number of hydrogen-bond acceptors (Lipinski definition) is 4. The van der Waals surface area contributed by atoms with E-state index in [0.29, 0.717) is 19.4 Å². The molecule has 100 valence electrons. The molecule has 0 saturated carbocycles. The van der Waals surface area contributed by atoms with Gasteiger partial charge in [0.2, 0.25) is 10.0 Å². The molecule has 1 heterocycles. The second-order valence-electron chi connectivity index (χ2n) is 4.36. The molecule has 3 N–H and O–H groups in total. The van der Waals surface area contributed by atoms with Crippen LogP contribution in [0.25, 0.3) is 0 Å². The number of aliphatic hydroxyl groups is 1. The molecule has 17 heavy (non-hydrogen) atoms. The summed E-state index contributed by atoms with van der Waals surface area (Å²) in [5.41, 5.74) is 5.42. The standard InChI is InChI=1S/C10H20N2O3S2/c1-8(10(11)16)17(14,15)12-6-2-4-9(12)5-3-7-13/h8-9,13H,2-7H2,1H3,(H2,11,16). The first-order valence-corrected chi connectivity index (χ1v) is 7.73. The Morgan fingerprint density at radius 2 is 2.29 bits per heavy atom. The Hall–Kier alpha value is -0.240. The topological polar surface area (TPSA) is 83.6 Å². The maximum atomic E-state index is 12.2. The molecule has 1 saturated heterocycles. The lowest BCUT2D eigenvalue weighted by molar-refractivity contribution is 0.264. The predicted molar refractivity (Wildman–Crippen MR) is 71.2 cm³/mol. The Kier molecular flexibility index (Phi) is 5.30. The summed E-state index contributed by atoms with van der Waals surface area (Å²) in [7, 11) is -3.43. The van der Waals surface area contributed by atoms with E-state index in [4.69, 9.17) is 23.1 Å². The summed E-state index contributed by atoms with van der Waals surface area (Å²) in [4.78, 5) is 0.0119. The monoisotopic (exact) mass is 280 g/mol. The molecule has 1 rings (SSSR count). The fraction of sp³-hybridized carbons (Fsp3) is 0.900. The molecule has 0 aliphatic carbocycles. The first-order chi connectivity index (χ1) is 7.91. The van der Waals surface area contributed by atoms with Crippen LogP contribution in [0.2, 0.25) is 0 Å². The summed E-state index contributed by atoms with van der Waals surface area (Å²) in [5, 5.41) is 7.99. The van der Waals surface area contributed by atoms with Crippen LogP contribution in [0, 0.1) is 0 Å². The van der Waals surface area contributed by atoms with E-state index in [1.807, 2.05) is 0 Å². The van der Waals surface area contributed by atoms with Gasteiger partial charge < -0.3 is 10.8 Å². The summed E-state index contributed by atoms with van der Waals surface area (Å²) in [6.07, 6.45) is 3.03. The van der Waals surface area contributed by atoms with Crippen LogP contribution in [0.15, 0.2) is 0 Å². The Morgan fingerprint density at radius 1 is 1.65 bits per heavy atom. The van der Waals surface area contributed by atoms with Gasteiger partial charge in [0.15, 0.2) is 0 Å². The van der Waals surface area contributed by atoms with Gasteiger partial charge in [-0.1, -0.05) is 12.2 Å². The van der Waals surface area contributed by atoms with Crippen molar-refractivity contribution in [2.24, 2.45) is 5.73 Å². The van der Waals surface area contributed by atoms with Crippen LogP contribution in [-0.2, 0) is 10.0 Å². The molecule has 0 aromatic rings. The van der Waals surface area contributed by atoms with E-state index in [0.717, 1.165) is 12.8 Å². The average molecular weight is 280 g/mol. The SMILES string of the molecule is CC(C(N)=S)S(=O)(=O)N1CCCC1CCCO. The van der Waals surface area contributed by atoms with Crippen molar-refractivity contribution in [2.75, 3.05) is 13.2 Å². The van der Waals surface area contributed by atoms with Gasteiger partial charge in [-0.25, -0.2) is 8.42 Å². The minimum Gasteiger partial charge on any atom is -0.396 e. The van der Waals surface area contributed by atoms with E-state index >= 15 is 0 Å². The maximum Gasteiger partial charge on any atom is 0.223 e. The fourth-order valence-electron chi connectivity index (χ4n) is 2.11. The third-order valence-corrected chi connectivity index (χ3v) is 5.98. The highest BCUT2D eigenvalue weighted by Gasteiger charge is 2.37. The van der Waals surface area contributed by atoms with Crippen molar-refractivity contribution < 1.29 is 13.5 Å². The van der Waals surface area contributed by atoms with Gasteiger partial charge in [-0.05, 0) is 32.6 Å². The first-order valence-electron chi connectivity index (χ1n) is 5.82. The van der Waals surface area contributed by atoms with Crippen molar-refractivity contribution in [3.63, 3.8) is 0 Å². The van der Waals surface area contributed by atoms with Crippen LogP contribution in [0.5, 0.6) is 0 Å². The maximum absolute atomic E-state index is 12.2. The van der Waals surface area contributed by atoms with Gasteiger partial charge in [-0.15, -0.1) is 0 Å². The third kappa shape index (κ3) is 3.37. The van der Waals surface area contributed by atoms with E-state index in [1.165, 1.54) is 11.2 Å². The lowest BCUT2D eigenvalue weighted by Gasteiger charge is -2.26. The lowest BCUT2D eigenvalue weighted by Crippen LogP contribution is -2.45. The highest BCUT2D eigenvalue weighted by molar-refractivity contribution is 7.92. The van der Waals surface area contributed by atoms with Crippen LogP contribution in [-0.4, -0.2) is 47.3 Å². The van der Waals surface area contributed by atoms with Gasteiger partial charge in [0.05, 0.1) is 4.99 Å². The van der Waals surface area contributed by atoms with Crippen LogP contribution in [0.4, 0.5) is 0 Å². The van der Waals surface area contributed by atoms with Crippen LogP contribution < -0.4 is 5.73 Å². The first kappa shape index (κ1) is 14.8. The molecule has 0 spiro atoms. The van der Waals surface area contributed by atoms with Gasteiger partial charge in [0.25, 0.3) is 0 Å². The zero-order valence-corrected chi connectivity index (χ0v) is 11.6. The molecule has 0 aromatic carbocycles. The number of sulfonamides is 1. The van der Waals surface area contributed by atoms with E-state index in [9.17, 15) is 8.42 Å². The molecule has 1 fully saturated rings. The highest BCUT2D eigenvalue weighted by Crippen LogP contribution is 2.26. The Labute approximate surface area is 108 Å². The molecule has 1 aliphatic rings. The summed E-state index contributed by atoms with van der Waals surface area (Å²) in [6, 6.07) is -0.0102. The van der Waals surface area contributed by atoms with Crippen molar-refractivity contribution in [1.29, 1.82) is 0 Å². The van der Waals surface area contributed by atoms with Crippen molar-refractivity contribution in [3.8, 4) is 0 Å². The quantitative estimate of drug-likeness (QED) is 0.680. The lowest BCUT2D eigenvalue weighted by atomic mass is 10.1. The molecule has 0 radical (unpaired) electrons. The molecule has 0 bridgehead atoms. The molecular formula is C10H20N2O3S2.